The zero-order valence-electron chi connectivity index (χ0n) is 6.04. The second-order valence-corrected chi connectivity index (χ2v) is 4.92. The van der Waals surface area contributed by atoms with E-state index in [-0.39, 0.29) is 26.6 Å². The Morgan fingerprint density at radius 3 is 3.25 bits per heavy atom. The lowest BCUT2D eigenvalue weighted by Gasteiger charge is -2.23. The van der Waals surface area contributed by atoms with E-state index < -0.39 is 12.1 Å². The summed E-state index contributed by atoms with van der Waals surface area (Å²) in [6, 6.07) is 0. The van der Waals surface area contributed by atoms with Gasteiger partial charge in [-0.3, -0.25) is 10.1 Å². The number of nitrogens with one attached hydrogen (secondary N) is 1. The van der Waals surface area contributed by atoms with Gasteiger partial charge >= 0.3 is 12.1 Å². The Morgan fingerprint density at radius 1 is 1.58 bits per heavy atom. The van der Waals surface area contributed by atoms with Gasteiger partial charge in [0.05, 0.1) is 0 Å². The maximum atomic E-state index is 11.1. The van der Waals surface area contributed by atoms with Gasteiger partial charge in [0.15, 0.2) is 0 Å². The van der Waals surface area contributed by atoms with Crippen molar-refractivity contribution >= 4 is 36.8 Å². The monoisotopic (exact) mass is 279 g/mol. The molecule has 2 heterocycles. The summed E-state index contributed by atoms with van der Waals surface area (Å²) in [6.07, 6.45) is 1.16. The van der Waals surface area contributed by atoms with E-state index in [9.17, 15) is 9.59 Å². The lowest BCUT2D eigenvalue weighted by molar-refractivity contribution is -0.141. The van der Waals surface area contributed by atoms with Crippen LogP contribution in [0.4, 0.5) is 4.79 Å². The second-order valence-electron chi connectivity index (χ2n) is 2.44. The molecule has 1 N–H and O–H groups in total. The van der Waals surface area contributed by atoms with Gasteiger partial charge in [-0.1, -0.05) is 0 Å². The fraction of sp³-hybridized carbons (Fsp3) is 0.286. The number of halogens is 1. The summed E-state index contributed by atoms with van der Waals surface area (Å²) in [4.78, 5) is 21.8. The summed E-state index contributed by atoms with van der Waals surface area (Å²) < 4.78 is 7.31. The molecule has 2 aliphatic rings. The Labute approximate surface area is 78.7 Å². The number of esters is 1. The summed E-state index contributed by atoms with van der Waals surface area (Å²) in [5, 5.41) is 2.51. The number of cyclic esters (lactones) is 2. The van der Waals surface area contributed by atoms with Crippen LogP contribution in [0.2, 0.25) is 0 Å². The Balaban J connectivity index is 2.30. The van der Waals surface area contributed by atoms with Crippen molar-refractivity contribution in [2.45, 2.75) is 0 Å². The maximum absolute atomic E-state index is 11.1. The first kappa shape index (κ1) is 7.90. The minimum absolute atomic E-state index is 0.0265. The topological polar surface area (TPSA) is 55.4 Å². The molecule has 0 saturated carbocycles. The van der Waals surface area contributed by atoms with Gasteiger partial charge in [0.2, 0.25) is 0 Å². The number of carbonyl (C=O) groups excluding carboxylic acids is 2. The Bertz CT molecular complexity index is 308. The van der Waals surface area contributed by atoms with Crippen LogP contribution in [0, 0.1) is 5.92 Å². The third kappa shape index (κ3) is 1.28. The molecule has 1 unspecified atom stereocenters. The molecule has 12 heavy (non-hydrogen) atoms. The fourth-order valence-corrected chi connectivity index (χ4v) is 3.35. The molecule has 0 radical (unpaired) electrons. The van der Waals surface area contributed by atoms with Crippen LogP contribution in [0.25, 0.3) is 0 Å². The molecular formula is C7H6INO3. The van der Waals surface area contributed by atoms with Gasteiger partial charge in [-0.15, -0.1) is 20.7 Å². The molecular weight excluding hydrogens is 273 g/mol. The largest absolute Gasteiger partial charge is 0.419 e. The number of hydrogen-bond donors (Lipinski definition) is 1. The summed E-state index contributed by atoms with van der Waals surface area (Å²) in [7, 11) is 0. The molecule has 0 bridgehead atoms. The van der Waals surface area contributed by atoms with E-state index in [0.717, 1.165) is 4.43 Å². The summed E-state index contributed by atoms with van der Waals surface area (Å²) in [5.74, 6) is -0.613. The molecule has 5 heteroatoms. The van der Waals surface area contributed by atoms with Crippen LogP contribution in [0.5, 0.6) is 0 Å². The molecule has 1 amide bonds. The zero-order chi connectivity index (χ0) is 8.55. The van der Waals surface area contributed by atoms with E-state index in [2.05, 4.69) is 10.1 Å². The molecule has 0 spiro atoms. The molecule has 1 atom stereocenters. The molecule has 2 aliphatic heterocycles. The molecule has 1 saturated heterocycles. The predicted molar refractivity (Wildman–Crippen MR) is 51.1 cm³/mol. The lowest BCUT2D eigenvalue weighted by atomic mass is 10.1. The molecule has 64 valence electrons. The van der Waals surface area contributed by atoms with Crippen molar-refractivity contribution in [1.29, 1.82) is 0 Å². The molecule has 1 fully saturated rings. The third-order valence-corrected chi connectivity index (χ3v) is 3.93. The molecule has 0 aromatic heterocycles. The summed E-state index contributed by atoms with van der Waals surface area (Å²) in [5.41, 5.74) is 0.696. The number of fused-ring (bicyclic) bond motifs is 1. The van der Waals surface area contributed by atoms with Gasteiger partial charge in [-0.05, 0) is 10.1 Å². The van der Waals surface area contributed by atoms with Crippen molar-refractivity contribution in [2.75, 3.05) is 4.43 Å². The third-order valence-electron chi connectivity index (χ3n) is 1.67. The number of alkyl carbamates (subject to hydrolysis) is 1. The van der Waals surface area contributed by atoms with Gasteiger partial charge in [0.25, 0.3) is 0 Å². The fourth-order valence-electron chi connectivity index (χ4n) is 1.08. The number of carbonyl (C=O) groups is 2. The normalized spacial score (nSPS) is 27.7. The van der Waals surface area contributed by atoms with Crippen LogP contribution in [-0.2, 0) is 9.53 Å². The van der Waals surface area contributed by atoms with Gasteiger partial charge in [-0.25, -0.2) is 4.79 Å². The van der Waals surface area contributed by atoms with Crippen molar-refractivity contribution < 1.29 is 14.3 Å². The van der Waals surface area contributed by atoms with Gasteiger partial charge in [0, 0.05) is 10.1 Å². The van der Waals surface area contributed by atoms with Gasteiger partial charge in [-0.2, -0.15) is 0 Å². The minimum atomic E-state index is -0.656. The Kier molecular flexibility index (Phi) is 1.95. The summed E-state index contributed by atoms with van der Waals surface area (Å²) in [6.45, 7) is 0. The lowest BCUT2D eigenvalue weighted by Crippen LogP contribution is -2.42. The first-order valence-corrected chi connectivity index (χ1v) is 6.18. The van der Waals surface area contributed by atoms with Crippen LogP contribution < -0.4 is 5.32 Å². The van der Waals surface area contributed by atoms with E-state index in [1.54, 1.807) is 0 Å². The highest BCUT2D eigenvalue weighted by molar-refractivity contribution is 14.2. The summed E-state index contributed by atoms with van der Waals surface area (Å²) >= 11 is -0.0265. The standard InChI is InChI=1S/C7H6INO3/c10-6-4-3-8-2-1-5(4)9-7(11)12-6/h1-2,4H,3H2,(H,9,11). The van der Waals surface area contributed by atoms with Gasteiger partial charge in [0.1, 0.15) is 5.92 Å². The van der Waals surface area contributed by atoms with Crippen molar-refractivity contribution in [3.8, 4) is 0 Å². The SMILES string of the molecule is O=C1NC2=CC=ICC2C(=O)O1. The highest BCUT2D eigenvalue weighted by Crippen LogP contribution is 2.23. The maximum Gasteiger partial charge on any atom is 0.419 e. The Morgan fingerprint density at radius 2 is 2.42 bits per heavy atom. The molecule has 0 aromatic carbocycles. The zero-order valence-corrected chi connectivity index (χ0v) is 8.20. The van der Waals surface area contributed by atoms with Gasteiger partial charge < -0.3 is 4.74 Å². The highest BCUT2D eigenvalue weighted by Gasteiger charge is 2.33. The number of ether oxygens (including phenoxy) is 1. The molecule has 4 nitrogen and oxygen atoms in total. The smallest absolute Gasteiger partial charge is 0.375 e. The van der Waals surface area contributed by atoms with Crippen molar-refractivity contribution in [3.63, 3.8) is 0 Å². The second kappa shape index (κ2) is 2.96. The molecule has 0 aromatic rings. The van der Waals surface area contributed by atoms with Crippen LogP contribution in [0.15, 0.2) is 11.8 Å². The molecule has 0 aliphatic carbocycles. The Hall–Kier alpha value is -0.720. The first-order chi connectivity index (χ1) is 5.77. The number of amides is 1. The number of hydrogen-bond acceptors (Lipinski definition) is 3. The molecule has 2 rings (SSSR count). The first-order valence-electron chi connectivity index (χ1n) is 3.41. The van der Waals surface area contributed by atoms with Crippen molar-refractivity contribution in [1.82, 2.24) is 5.32 Å². The minimum Gasteiger partial charge on any atom is -0.375 e. The van der Waals surface area contributed by atoms with Crippen LogP contribution in [0.1, 0.15) is 0 Å². The number of rotatable bonds is 0. The van der Waals surface area contributed by atoms with Crippen molar-refractivity contribution in [2.24, 2.45) is 5.92 Å². The van der Waals surface area contributed by atoms with E-state index in [0.29, 0.717) is 5.70 Å². The number of allylic oxidation sites excluding steroid dienone is 1. The van der Waals surface area contributed by atoms with E-state index >= 15 is 0 Å². The highest BCUT2D eigenvalue weighted by atomic mass is 127. The van der Waals surface area contributed by atoms with E-state index in [4.69, 9.17) is 0 Å². The quantitative estimate of drug-likeness (QED) is 0.305. The van der Waals surface area contributed by atoms with Crippen molar-refractivity contribution in [3.05, 3.63) is 11.8 Å². The van der Waals surface area contributed by atoms with E-state index in [1.807, 2.05) is 10.1 Å². The van der Waals surface area contributed by atoms with Crippen LogP contribution in [-0.4, -0.2) is 20.5 Å². The average molecular weight is 279 g/mol. The van der Waals surface area contributed by atoms with Crippen LogP contribution >= 0.6 is 20.7 Å². The average Bonchev–Trinajstić information content (AvgIpc) is 2.04. The predicted octanol–water partition coefficient (Wildman–Crippen LogP) is 0.539. The van der Waals surface area contributed by atoms with E-state index in [1.165, 1.54) is 0 Å². The van der Waals surface area contributed by atoms with Crippen LogP contribution in [0.3, 0.4) is 0 Å². The number of alkyl halides is 1.